The SMILES string of the molecule is CCC=c1sc2c3cc(C)ccc3cc3c(I)ccc1c32. The lowest BCUT2D eigenvalue weighted by atomic mass is 10.00. The van der Waals surface area contributed by atoms with Crippen molar-refractivity contribution in [2.24, 2.45) is 0 Å². The lowest BCUT2D eigenvalue weighted by Gasteiger charge is -2.06. The predicted octanol–water partition coefficient (Wildman–Crippen LogP) is 6.03. The zero-order valence-corrected chi connectivity index (χ0v) is 15.0. The first kappa shape index (κ1) is 13.5. The standard InChI is InChI=1S/C19H15IS/c1-3-4-17-13-7-8-16(20)15-10-12-6-5-11(2)9-14(12)19(21-17)18(13)15/h4-10H,3H2,1-2H3. The van der Waals surface area contributed by atoms with E-state index in [0.717, 1.165) is 6.42 Å². The number of rotatable bonds is 1. The van der Waals surface area contributed by atoms with Crippen LogP contribution in [0.1, 0.15) is 18.9 Å². The monoisotopic (exact) mass is 402 g/mol. The molecule has 0 N–H and O–H groups in total. The van der Waals surface area contributed by atoms with Crippen molar-refractivity contribution >= 4 is 71.6 Å². The van der Waals surface area contributed by atoms with Gasteiger partial charge in [0.25, 0.3) is 0 Å². The molecule has 0 radical (unpaired) electrons. The zero-order chi connectivity index (χ0) is 14.6. The molecule has 104 valence electrons. The van der Waals surface area contributed by atoms with E-state index in [1.165, 1.54) is 45.3 Å². The first-order valence-electron chi connectivity index (χ1n) is 7.23. The summed E-state index contributed by atoms with van der Waals surface area (Å²) >= 11 is 4.40. The van der Waals surface area contributed by atoms with Gasteiger partial charge < -0.3 is 0 Å². The van der Waals surface area contributed by atoms with E-state index in [-0.39, 0.29) is 0 Å². The van der Waals surface area contributed by atoms with E-state index in [0.29, 0.717) is 0 Å². The maximum absolute atomic E-state index is 2.46. The lowest BCUT2D eigenvalue weighted by Crippen LogP contribution is -1.91. The van der Waals surface area contributed by atoms with Crippen LogP contribution in [-0.2, 0) is 0 Å². The Morgan fingerprint density at radius 2 is 1.90 bits per heavy atom. The number of halogens is 1. The highest BCUT2D eigenvalue weighted by atomic mass is 127. The van der Waals surface area contributed by atoms with Gasteiger partial charge in [-0.15, -0.1) is 11.3 Å². The van der Waals surface area contributed by atoms with E-state index in [1.807, 2.05) is 11.3 Å². The summed E-state index contributed by atoms with van der Waals surface area (Å²) in [6.07, 6.45) is 3.44. The first-order valence-corrected chi connectivity index (χ1v) is 9.12. The molecular weight excluding hydrogens is 387 g/mol. The summed E-state index contributed by atoms with van der Waals surface area (Å²) in [6, 6.07) is 13.7. The van der Waals surface area contributed by atoms with Crippen LogP contribution in [0.15, 0.2) is 36.4 Å². The molecule has 3 aromatic carbocycles. The number of hydrogen-bond acceptors (Lipinski definition) is 1. The smallest absolute Gasteiger partial charge is 0.0440 e. The van der Waals surface area contributed by atoms with Crippen molar-refractivity contribution in [2.75, 3.05) is 0 Å². The summed E-state index contributed by atoms with van der Waals surface area (Å²) in [4.78, 5) is 0. The maximum atomic E-state index is 2.46. The van der Waals surface area contributed by atoms with Gasteiger partial charge in [-0.25, -0.2) is 0 Å². The average Bonchev–Trinajstić information content (AvgIpc) is 2.83. The Morgan fingerprint density at radius 3 is 2.71 bits per heavy atom. The number of benzene rings is 3. The molecular formula is C19H15IS. The fourth-order valence-electron chi connectivity index (χ4n) is 3.08. The molecule has 0 aliphatic carbocycles. The Bertz CT molecular complexity index is 1040. The van der Waals surface area contributed by atoms with Crippen LogP contribution < -0.4 is 4.53 Å². The molecule has 0 aliphatic rings. The van der Waals surface area contributed by atoms with E-state index in [9.17, 15) is 0 Å². The third-order valence-corrected chi connectivity index (χ3v) is 6.21. The molecule has 2 heteroatoms. The molecule has 0 nitrogen and oxygen atoms in total. The summed E-state index contributed by atoms with van der Waals surface area (Å²) in [6.45, 7) is 4.39. The number of thiophene rings is 1. The first-order chi connectivity index (χ1) is 10.2. The van der Waals surface area contributed by atoms with Crippen LogP contribution in [0.3, 0.4) is 0 Å². The van der Waals surface area contributed by atoms with Crippen LogP contribution in [-0.4, -0.2) is 0 Å². The van der Waals surface area contributed by atoms with Crippen LogP contribution in [0.5, 0.6) is 0 Å². The summed E-state index contributed by atoms with van der Waals surface area (Å²) in [5.41, 5.74) is 1.33. The second-order valence-corrected chi connectivity index (χ2v) is 7.74. The molecule has 0 fully saturated rings. The number of aryl methyl sites for hydroxylation is 1. The van der Waals surface area contributed by atoms with E-state index in [4.69, 9.17) is 0 Å². The van der Waals surface area contributed by atoms with E-state index in [1.54, 1.807) is 0 Å². The summed E-state index contributed by atoms with van der Waals surface area (Å²) < 4.78 is 4.20. The summed E-state index contributed by atoms with van der Waals surface area (Å²) in [5.74, 6) is 0. The molecule has 0 saturated heterocycles. The summed E-state index contributed by atoms with van der Waals surface area (Å²) in [5, 5.41) is 7.01. The average molecular weight is 402 g/mol. The highest BCUT2D eigenvalue weighted by molar-refractivity contribution is 14.1. The quantitative estimate of drug-likeness (QED) is 0.269. The molecule has 0 aliphatic heterocycles. The Morgan fingerprint density at radius 1 is 1.05 bits per heavy atom. The van der Waals surface area contributed by atoms with Crippen LogP contribution in [0.25, 0.3) is 37.7 Å². The van der Waals surface area contributed by atoms with Crippen molar-refractivity contribution in [3.63, 3.8) is 0 Å². The Balaban J connectivity index is 2.36. The van der Waals surface area contributed by atoms with Crippen molar-refractivity contribution in [2.45, 2.75) is 20.3 Å². The maximum Gasteiger partial charge on any atom is 0.0440 e. The Kier molecular flexibility index (Phi) is 3.19. The van der Waals surface area contributed by atoms with Gasteiger partial charge in [-0.05, 0) is 70.3 Å². The molecule has 0 unspecified atom stereocenters. The fraction of sp³-hybridized carbons (Fsp3) is 0.158. The van der Waals surface area contributed by atoms with Crippen molar-refractivity contribution in [3.05, 3.63) is 50.1 Å². The molecule has 1 heterocycles. The second kappa shape index (κ2) is 4.96. The minimum absolute atomic E-state index is 1.08. The fourth-order valence-corrected chi connectivity index (χ4v) is 5.04. The lowest BCUT2D eigenvalue weighted by molar-refractivity contribution is 1.30. The zero-order valence-electron chi connectivity index (χ0n) is 12.0. The van der Waals surface area contributed by atoms with Gasteiger partial charge in [0.15, 0.2) is 0 Å². The topological polar surface area (TPSA) is 0 Å². The molecule has 4 aromatic rings. The van der Waals surface area contributed by atoms with E-state index >= 15 is 0 Å². The van der Waals surface area contributed by atoms with Crippen molar-refractivity contribution in [1.82, 2.24) is 0 Å². The van der Waals surface area contributed by atoms with Gasteiger partial charge in [-0.2, -0.15) is 0 Å². The third-order valence-electron chi connectivity index (χ3n) is 4.04. The van der Waals surface area contributed by atoms with Crippen LogP contribution in [0.4, 0.5) is 0 Å². The van der Waals surface area contributed by atoms with Crippen molar-refractivity contribution < 1.29 is 0 Å². The highest BCUT2D eigenvalue weighted by Gasteiger charge is 2.12. The Labute approximate surface area is 141 Å². The van der Waals surface area contributed by atoms with Gasteiger partial charge in [0.2, 0.25) is 0 Å². The minimum atomic E-state index is 1.08. The molecule has 1 aromatic heterocycles. The third kappa shape index (κ3) is 2.00. The predicted molar refractivity (Wildman–Crippen MR) is 104 cm³/mol. The minimum Gasteiger partial charge on any atom is -0.135 e. The number of hydrogen-bond donors (Lipinski definition) is 0. The number of fused-ring (bicyclic) bond motifs is 2. The summed E-state index contributed by atoms with van der Waals surface area (Å²) in [7, 11) is 0. The van der Waals surface area contributed by atoms with Gasteiger partial charge in [0.1, 0.15) is 0 Å². The van der Waals surface area contributed by atoms with Gasteiger partial charge in [0, 0.05) is 23.6 Å². The molecule has 0 atom stereocenters. The van der Waals surface area contributed by atoms with Crippen LogP contribution in [0.2, 0.25) is 0 Å². The van der Waals surface area contributed by atoms with Crippen molar-refractivity contribution in [3.8, 4) is 0 Å². The molecule has 4 rings (SSSR count). The Hall–Kier alpha value is -1.13. The van der Waals surface area contributed by atoms with E-state index < -0.39 is 0 Å². The molecule has 0 spiro atoms. The molecule has 0 saturated carbocycles. The van der Waals surface area contributed by atoms with Gasteiger partial charge in [0.05, 0.1) is 0 Å². The molecule has 0 bridgehead atoms. The molecule has 21 heavy (non-hydrogen) atoms. The van der Waals surface area contributed by atoms with Gasteiger partial charge >= 0.3 is 0 Å². The van der Waals surface area contributed by atoms with Crippen molar-refractivity contribution in [1.29, 1.82) is 0 Å². The highest BCUT2D eigenvalue weighted by Crippen LogP contribution is 2.37. The van der Waals surface area contributed by atoms with Crippen LogP contribution in [0, 0.1) is 10.5 Å². The van der Waals surface area contributed by atoms with E-state index in [2.05, 4.69) is 78.9 Å². The second-order valence-electron chi connectivity index (χ2n) is 5.53. The molecule has 0 amide bonds. The van der Waals surface area contributed by atoms with Gasteiger partial charge in [-0.3, -0.25) is 0 Å². The largest absolute Gasteiger partial charge is 0.135 e. The normalized spacial score (nSPS) is 13.0. The van der Waals surface area contributed by atoms with Gasteiger partial charge in [-0.1, -0.05) is 36.8 Å². The van der Waals surface area contributed by atoms with Crippen LogP contribution >= 0.6 is 33.9 Å².